The fourth-order valence-corrected chi connectivity index (χ4v) is 2.22. The van der Waals surface area contributed by atoms with Gasteiger partial charge in [-0.15, -0.1) is 0 Å². The van der Waals surface area contributed by atoms with E-state index in [-0.39, 0.29) is 11.5 Å². The minimum Gasteiger partial charge on any atom is -0.293 e. The van der Waals surface area contributed by atoms with E-state index >= 15 is 0 Å². The number of carbonyl (C=O) groups is 1. The average molecular weight is 232 g/mol. The van der Waals surface area contributed by atoms with Crippen molar-refractivity contribution in [3.8, 4) is 0 Å². The monoisotopic (exact) mass is 231 g/mol. The van der Waals surface area contributed by atoms with Gasteiger partial charge in [-0.1, -0.05) is 18.5 Å². The van der Waals surface area contributed by atoms with Crippen molar-refractivity contribution in [1.29, 1.82) is 0 Å². The first-order chi connectivity index (χ1) is 6.56. The number of hydrogen-bond donors (Lipinski definition) is 0. The highest BCUT2D eigenvalue weighted by Crippen LogP contribution is 2.17. The fraction of sp³-hybridized carbons (Fsp3) is 0.333. The van der Waals surface area contributed by atoms with Gasteiger partial charge in [0.15, 0.2) is 5.78 Å². The van der Waals surface area contributed by atoms with Crippen molar-refractivity contribution in [3.63, 3.8) is 0 Å². The molecule has 1 atom stereocenters. The fourth-order valence-electron chi connectivity index (χ4n) is 1.01. The van der Waals surface area contributed by atoms with Crippen molar-refractivity contribution < 1.29 is 9.00 Å². The minimum atomic E-state index is -1.20. The molecule has 0 aromatic carbocycles. The second-order valence-electron chi connectivity index (χ2n) is 2.69. The Morgan fingerprint density at radius 2 is 2.29 bits per heavy atom. The summed E-state index contributed by atoms with van der Waals surface area (Å²) in [6.07, 6.45) is 1.38. The Labute approximate surface area is 89.9 Å². The number of pyridine rings is 1. The van der Waals surface area contributed by atoms with Gasteiger partial charge in [0.05, 0.1) is 20.7 Å². The number of halogens is 1. The normalized spacial score (nSPS) is 12.5. The van der Waals surface area contributed by atoms with Gasteiger partial charge < -0.3 is 0 Å². The number of aromatic nitrogens is 1. The van der Waals surface area contributed by atoms with Crippen molar-refractivity contribution in [1.82, 2.24) is 4.98 Å². The van der Waals surface area contributed by atoms with Crippen LogP contribution in [0.15, 0.2) is 17.2 Å². The van der Waals surface area contributed by atoms with Gasteiger partial charge in [-0.05, 0) is 6.07 Å². The van der Waals surface area contributed by atoms with E-state index in [1.165, 1.54) is 19.2 Å². The van der Waals surface area contributed by atoms with Crippen molar-refractivity contribution >= 4 is 28.2 Å². The molecule has 0 saturated carbocycles. The largest absolute Gasteiger partial charge is 0.293 e. The zero-order valence-electron chi connectivity index (χ0n) is 7.91. The summed E-state index contributed by atoms with van der Waals surface area (Å²) >= 11 is 5.71. The van der Waals surface area contributed by atoms with Crippen molar-refractivity contribution in [2.45, 2.75) is 18.7 Å². The molecule has 0 aliphatic rings. The molecule has 5 heteroatoms. The SMILES string of the molecule is CCS(=O)c1cc(Cl)cnc1C(C)=O. The molecule has 0 amide bonds. The number of Topliss-reactive ketones (excluding diaryl/α,β-unsaturated/α-hetero) is 1. The van der Waals surface area contributed by atoms with E-state index < -0.39 is 10.8 Å². The molecular weight excluding hydrogens is 222 g/mol. The standard InChI is InChI=1S/C9H10ClNO2S/c1-3-14(13)8-4-7(10)5-11-9(8)6(2)12/h4-5H,3H2,1-2H3. The first-order valence-corrected chi connectivity index (χ1v) is 5.80. The summed E-state index contributed by atoms with van der Waals surface area (Å²) < 4.78 is 11.6. The Morgan fingerprint density at radius 3 is 2.79 bits per heavy atom. The lowest BCUT2D eigenvalue weighted by atomic mass is 10.3. The molecule has 0 fully saturated rings. The molecule has 0 N–H and O–H groups in total. The van der Waals surface area contributed by atoms with Gasteiger partial charge in [0.1, 0.15) is 5.69 Å². The van der Waals surface area contributed by atoms with E-state index in [0.29, 0.717) is 15.7 Å². The predicted octanol–water partition coefficient (Wildman–Crippen LogP) is 2.07. The highest BCUT2D eigenvalue weighted by atomic mass is 35.5. The zero-order chi connectivity index (χ0) is 10.7. The average Bonchev–Trinajstić information content (AvgIpc) is 2.16. The van der Waals surface area contributed by atoms with Crippen LogP contribution in [0.25, 0.3) is 0 Å². The summed E-state index contributed by atoms with van der Waals surface area (Å²) in [7, 11) is -1.20. The lowest BCUT2D eigenvalue weighted by Gasteiger charge is -2.04. The third-order valence-corrected chi connectivity index (χ3v) is 3.19. The summed E-state index contributed by atoms with van der Waals surface area (Å²) in [5.41, 5.74) is 0.245. The first-order valence-electron chi connectivity index (χ1n) is 4.11. The van der Waals surface area contributed by atoms with E-state index in [9.17, 15) is 9.00 Å². The molecule has 3 nitrogen and oxygen atoms in total. The number of ketones is 1. The first kappa shape index (κ1) is 11.3. The molecule has 0 aliphatic heterocycles. The van der Waals surface area contributed by atoms with Crippen LogP contribution in [0.2, 0.25) is 5.02 Å². The summed E-state index contributed by atoms with van der Waals surface area (Å²) in [6.45, 7) is 3.17. The summed E-state index contributed by atoms with van der Waals surface area (Å²) in [4.78, 5) is 15.5. The number of nitrogens with zero attached hydrogens (tertiary/aromatic N) is 1. The quantitative estimate of drug-likeness (QED) is 0.749. The topological polar surface area (TPSA) is 47.0 Å². The molecule has 1 aromatic heterocycles. The van der Waals surface area contributed by atoms with Crippen LogP contribution in [0.1, 0.15) is 24.3 Å². The molecule has 0 radical (unpaired) electrons. The molecule has 0 spiro atoms. The van der Waals surface area contributed by atoms with Crippen molar-refractivity contribution in [3.05, 3.63) is 23.0 Å². The van der Waals surface area contributed by atoms with E-state index in [1.54, 1.807) is 6.92 Å². The molecule has 1 heterocycles. The third-order valence-electron chi connectivity index (χ3n) is 1.66. The van der Waals surface area contributed by atoms with Crippen LogP contribution >= 0.6 is 11.6 Å². The van der Waals surface area contributed by atoms with Gasteiger partial charge in [-0.3, -0.25) is 14.0 Å². The zero-order valence-corrected chi connectivity index (χ0v) is 9.48. The van der Waals surface area contributed by atoms with Gasteiger partial charge >= 0.3 is 0 Å². The van der Waals surface area contributed by atoms with Gasteiger partial charge in [-0.2, -0.15) is 0 Å². The van der Waals surface area contributed by atoms with Gasteiger partial charge in [-0.25, -0.2) is 0 Å². The maximum Gasteiger partial charge on any atom is 0.179 e. The highest BCUT2D eigenvalue weighted by molar-refractivity contribution is 7.85. The van der Waals surface area contributed by atoms with Crippen molar-refractivity contribution in [2.24, 2.45) is 0 Å². The molecular formula is C9H10ClNO2S. The van der Waals surface area contributed by atoms with Crippen LogP contribution in [-0.2, 0) is 10.8 Å². The van der Waals surface area contributed by atoms with Crippen LogP contribution in [0.4, 0.5) is 0 Å². The lowest BCUT2D eigenvalue weighted by Crippen LogP contribution is -2.06. The lowest BCUT2D eigenvalue weighted by molar-refractivity contribution is 0.101. The van der Waals surface area contributed by atoms with Crippen molar-refractivity contribution in [2.75, 3.05) is 5.75 Å². The van der Waals surface area contributed by atoms with Crippen LogP contribution in [0, 0.1) is 0 Å². The second-order valence-corrected chi connectivity index (χ2v) is 4.84. The van der Waals surface area contributed by atoms with E-state index in [4.69, 9.17) is 11.6 Å². The summed E-state index contributed by atoms with van der Waals surface area (Å²) in [5, 5.41) is 0.395. The van der Waals surface area contributed by atoms with E-state index in [0.717, 1.165) is 0 Å². The second kappa shape index (κ2) is 4.66. The maximum atomic E-state index is 11.6. The van der Waals surface area contributed by atoms with Gasteiger partial charge in [0.2, 0.25) is 0 Å². The third kappa shape index (κ3) is 2.39. The molecule has 1 unspecified atom stereocenters. The van der Waals surface area contributed by atoms with Crippen LogP contribution < -0.4 is 0 Å². The minimum absolute atomic E-state index is 0.196. The molecule has 1 rings (SSSR count). The highest BCUT2D eigenvalue weighted by Gasteiger charge is 2.13. The van der Waals surface area contributed by atoms with Crippen LogP contribution in [0.5, 0.6) is 0 Å². The summed E-state index contributed by atoms with van der Waals surface area (Å²) in [6, 6.07) is 1.53. The van der Waals surface area contributed by atoms with Crippen LogP contribution in [0.3, 0.4) is 0 Å². The van der Waals surface area contributed by atoms with E-state index in [2.05, 4.69) is 4.98 Å². The molecule has 0 bridgehead atoms. The molecule has 14 heavy (non-hydrogen) atoms. The Kier molecular flexibility index (Phi) is 3.77. The number of hydrogen-bond acceptors (Lipinski definition) is 3. The molecule has 0 saturated heterocycles. The Morgan fingerprint density at radius 1 is 1.64 bits per heavy atom. The number of carbonyl (C=O) groups excluding carboxylic acids is 1. The smallest absolute Gasteiger partial charge is 0.179 e. The maximum absolute atomic E-state index is 11.6. The molecule has 0 aliphatic carbocycles. The Balaban J connectivity index is 3.29. The summed E-state index contributed by atoms with van der Waals surface area (Å²) in [5.74, 6) is 0.251. The van der Waals surface area contributed by atoms with Crippen LogP contribution in [-0.4, -0.2) is 20.7 Å². The molecule has 1 aromatic rings. The molecule has 76 valence electrons. The van der Waals surface area contributed by atoms with E-state index in [1.807, 2.05) is 0 Å². The number of rotatable bonds is 3. The Bertz CT molecular complexity index is 392. The van der Waals surface area contributed by atoms with Gasteiger partial charge in [0, 0.05) is 18.9 Å². The van der Waals surface area contributed by atoms with Gasteiger partial charge in [0.25, 0.3) is 0 Å². The predicted molar refractivity (Wildman–Crippen MR) is 56.2 cm³/mol. The Hall–Kier alpha value is -0.740.